The highest BCUT2D eigenvalue weighted by Crippen LogP contribution is 2.47. The lowest BCUT2D eigenvalue weighted by molar-refractivity contribution is 1.20. The Morgan fingerprint density at radius 1 is 0.686 bits per heavy atom. The van der Waals surface area contributed by atoms with Crippen molar-refractivity contribution < 1.29 is 0 Å². The van der Waals surface area contributed by atoms with Gasteiger partial charge in [0.05, 0.1) is 22.1 Å². The van der Waals surface area contributed by atoms with E-state index in [0.29, 0.717) is 0 Å². The highest BCUT2D eigenvalue weighted by Gasteiger charge is 2.28. The van der Waals surface area contributed by atoms with E-state index in [0.717, 1.165) is 45.8 Å². The topological polar surface area (TPSA) is 43.1 Å². The number of benzene rings is 3. The van der Waals surface area contributed by atoms with Crippen molar-refractivity contribution in [1.82, 2.24) is 19.4 Å². The summed E-state index contributed by atoms with van der Waals surface area (Å²) in [7, 11) is 0. The molecule has 0 saturated heterocycles. The molecule has 3 aromatic carbocycles. The predicted octanol–water partition coefficient (Wildman–Crippen LogP) is 6.73. The number of hydrogen-bond donors (Lipinski definition) is 0. The maximum Gasteiger partial charge on any atom is 0.146 e. The molecule has 7 aromatic rings. The first kappa shape index (κ1) is 17.8. The maximum absolute atomic E-state index is 5.13. The van der Waals surface area contributed by atoms with Gasteiger partial charge in [-0.25, -0.2) is 4.98 Å². The third kappa shape index (κ3) is 2.15. The molecule has 4 heterocycles. The molecular weight excluding hydrogens is 428 g/mol. The lowest BCUT2D eigenvalue weighted by Crippen LogP contribution is -1.95. The Kier molecular flexibility index (Phi) is 3.11. The van der Waals surface area contributed by atoms with E-state index in [1.807, 2.05) is 24.7 Å². The average Bonchev–Trinajstić information content (AvgIpc) is 3.58. The van der Waals surface area contributed by atoms with Gasteiger partial charge in [0, 0.05) is 35.8 Å². The summed E-state index contributed by atoms with van der Waals surface area (Å²) < 4.78 is 2.33. The van der Waals surface area contributed by atoms with E-state index in [1.165, 1.54) is 50.0 Å². The van der Waals surface area contributed by atoms with Crippen LogP contribution in [0.3, 0.4) is 0 Å². The molecule has 0 spiro atoms. The molecule has 162 valence electrons. The Morgan fingerprint density at radius 3 is 2.60 bits per heavy atom. The Balaban J connectivity index is 1.40. The van der Waals surface area contributed by atoms with Crippen LogP contribution in [0.4, 0.5) is 0 Å². The monoisotopic (exact) mass is 446 g/mol. The molecule has 9 rings (SSSR count). The Bertz CT molecular complexity index is 2070. The summed E-state index contributed by atoms with van der Waals surface area (Å²) in [5.74, 6) is 0. The van der Waals surface area contributed by atoms with Crippen LogP contribution in [0.25, 0.3) is 60.7 Å². The summed E-state index contributed by atoms with van der Waals surface area (Å²) in [5.41, 5.74) is 16.4. The van der Waals surface area contributed by atoms with E-state index in [2.05, 4.69) is 70.0 Å². The fourth-order valence-corrected chi connectivity index (χ4v) is 6.47. The number of imidazole rings is 1. The van der Waals surface area contributed by atoms with Crippen molar-refractivity contribution >= 4 is 38.5 Å². The van der Waals surface area contributed by atoms with Crippen LogP contribution in [-0.4, -0.2) is 19.4 Å². The summed E-state index contributed by atoms with van der Waals surface area (Å²) in [6, 6.07) is 24.4. The molecule has 0 amide bonds. The molecule has 0 radical (unpaired) electrons. The number of nitrogens with zero attached hydrogens (tertiary/aromatic N) is 4. The second kappa shape index (κ2) is 6.10. The first-order valence-corrected chi connectivity index (χ1v) is 12.0. The SMILES string of the molecule is c1ccc2c(c1)Cc1cc3c(cc1-2)-c1ccc2nc4c5ccncc5c5ncccc5n4c2c1C3. The summed E-state index contributed by atoms with van der Waals surface area (Å²) in [5, 5.41) is 2.13. The molecule has 4 nitrogen and oxygen atoms in total. The second-order valence-corrected chi connectivity index (χ2v) is 9.70. The van der Waals surface area contributed by atoms with Crippen LogP contribution < -0.4 is 0 Å². The van der Waals surface area contributed by atoms with Gasteiger partial charge >= 0.3 is 0 Å². The van der Waals surface area contributed by atoms with Gasteiger partial charge in [0.2, 0.25) is 0 Å². The fraction of sp³-hybridized carbons (Fsp3) is 0.0645. The quantitative estimate of drug-likeness (QED) is 0.243. The third-order valence-electron chi connectivity index (χ3n) is 7.94. The summed E-state index contributed by atoms with van der Waals surface area (Å²) >= 11 is 0. The van der Waals surface area contributed by atoms with E-state index in [4.69, 9.17) is 9.97 Å². The smallest absolute Gasteiger partial charge is 0.146 e. The number of rotatable bonds is 0. The van der Waals surface area contributed by atoms with Crippen molar-refractivity contribution in [2.75, 3.05) is 0 Å². The van der Waals surface area contributed by atoms with Gasteiger partial charge in [-0.05, 0) is 81.3 Å². The molecule has 0 fully saturated rings. The summed E-state index contributed by atoms with van der Waals surface area (Å²) in [6.07, 6.45) is 7.56. The highest BCUT2D eigenvalue weighted by atomic mass is 15.0. The van der Waals surface area contributed by atoms with Gasteiger partial charge in [0.25, 0.3) is 0 Å². The Morgan fingerprint density at radius 2 is 1.60 bits per heavy atom. The molecule has 4 heteroatoms. The standard InChI is InChI=1S/C31H18N4/c1-2-5-20-17(4-1)12-18-13-19-14-25-21(24(19)15-23(18)20)7-8-27-30(25)35-28-6-3-10-33-29(28)26-16-32-11-9-22(26)31(35)34-27/h1-11,13,15-16H,12,14H2. The molecule has 0 saturated carbocycles. The molecular formula is C31H18N4. The molecule has 0 atom stereocenters. The molecule has 2 aliphatic rings. The fourth-order valence-electron chi connectivity index (χ4n) is 6.47. The zero-order chi connectivity index (χ0) is 22.7. The zero-order valence-electron chi connectivity index (χ0n) is 18.8. The number of aromatic nitrogens is 4. The van der Waals surface area contributed by atoms with Crippen molar-refractivity contribution in [3.63, 3.8) is 0 Å². The van der Waals surface area contributed by atoms with Crippen LogP contribution in [0.1, 0.15) is 22.3 Å². The van der Waals surface area contributed by atoms with Crippen molar-refractivity contribution in [3.8, 4) is 22.3 Å². The van der Waals surface area contributed by atoms with Crippen LogP contribution in [0.15, 0.2) is 85.3 Å². The minimum Gasteiger partial charge on any atom is -0.290 e. The Labute approximate surface area is 200 Å². The van der Waals surface area contributed by atoms with E-state index >= 15 is 0 Å². The molecule has 0 unspecified atom stereocenters. The number of pyridine rings is 3. The first-order chi connectivity index (χ1) is 17.3. The van der Waals surface area contributed by atoms with Crippen LogP contribution in [0.2, 0.25) is 0 Å². The third-order valence-corrected chi connectivity index (χ3v) is 7.94. The largest absolute Gasteiger partial charge is 0.290 e. The van der Waals surface area contributed by atoms with Gasteiger partial charge in [-0.2, -0.15) is 0 Å². The summed E-state index contributed by atoms with van der Waals surface area (Å²) in [4.78, 5) is 14.3. The van der Waals surface area contributed by atoms with E-state index < -0.39 is 0 Å². The minimum atomic E-state index is 0.926. The zero-order valence-corrected chi connectivity index (χ0v) is 18.8. The predicted molar refractivity (Wildman–Crippen MR) is 140 cm³/mol. The molecule has 2 aliphatic carbocycles. The Hall–Kier alpha value is -4.57. The first-order valence-electron chi connectivity index (χ1n) is 12.0. The van der Waals surface area contributed by atoms with Gasteiger partial charge in [0.15, 0.2) is 0 Å². The molecule has 4 aromatic heterocycles. The molecule has 0 bridgehead atoms. The van der Waals surface area contributed by atoms with Crippen LogP contribution in [0, 0.1) is 0 Å². The van der Waals surface area contributed by atoms with Gasteiger partial charge < -0.3 is 0 Å². The van der Waals surface area contributed by atoms with Crippen LogP contribution in [-0.2, 0) is 12.8 Å². The van der Waals surface area contributed by atoms with Crippen LogP contribution >= 0.6 is 0 Å². The molecule has 0 aliphatic heterocycles. The highest BCUT2D eigenvalue weighted by molar-refractivity contribution is 6.12. The number of hydrogen-bond acceptors (Lipinski definition) is 3. The van der Waals surface area contributed by atoms with Gasteiger partial charge in [-0.15, -0.1) is 0 Å². The van der Waals surface area contributed by atoms with Gasteiger partial charge in [-0.3, -0.25) is 14.4 Å². The van der Waals surface area contributed by atoms with E-state index in [-0.39, 0.29) is 0 Å². The maximum atomic E-state index is 5.13. The average molecular weight is 447 g/mol. The van der Waals surface area contributed by atoms with E-state index in [1.54, 1.807) is 0 Å². The minimum absolute atomic E-state index is 0.926. The molecule has 0 N–H and O–H groups in total. The van der Waals surface area contributed by atoms with Crippen molar-refractivity contribution in [1.29, 1.82) is 0 Å². The number of fused-ring (bicyclic) bond motifs is 15. The second-order valence-electron chi connectivity index (χ2n) is 9.70. The van der Waals surface area contributed by atoms with Crippen molar-refractivity contribution in [2.45, 2.75) is 12.8 Å². The molecule has 35 heavy (non-hydrogen) atoms. The lowest BCUT2D eigenvalue weighted by Gasteiger charge is -2.09. The van der Waals surface area contributed by atoms with Crippen LogP contribution in [0.5, 0.6) is 0 Å². The summed E-state index contributed by atoms with van der Waals surface area (Å²) in [6.45, 7) is 0. The van der Waals surface area contributed by atoms with Gasteiger partial charge in [0.1, 0.15) is 5.65 Å². The normalized spacial score (nSPS) is 13.5. The van der Waals surface area contributed by atoms with Crippen molar-refractivity contribution in [3.05, 3.63) is 108 Å². The van der Waals surface area contributed by atoms with Crippen molar-refractivity contribution in [2.24, 2.45) is 0 Å². The lowest BCUT2D eigenvalue weighted by atomic mass is 9.98. The van der Waals surface area contributed by atoms with Gasteiger partial charge in [-0.1, -0.05) is 36.4 Å². The van der Waals surface area contributed by atoms with E-state index in [9.17, 15) is 0 Å².